The lowest BCUT2D eigenvalue weighted by Crippen LogP contribution is -2.86. The molecule has 0 aliphatic heterocycles. The van der Waals surface area contributed by atoms with E-state index in [1.807, 2.05) is 0 Å². The van der Waals surface area contributed by atoms with Crippen molar-refractivity contribution < 1.29 is 0 Å². The average molecular weight is 325 g/mol. The highest BCUT2D eigenvalue weighted by Gasteiger charge is 2.87. The molecule has 0 amide bonds. The summed E-state index contributed by atoms with van der Waals surface area (Å²) in [6.45, 7) is 0. The van der Waals surface area contributed by atoms with Crippen molar-refractivity contribution in [3.8, 4) is 0 Å². The fraction of sp³-hybridized carbons (Fsp3) is 1.00. The van der Waals surface area contributed by atoms with Crippen LogP contribution >= 0.6 is 12.6 Å². The van der Waals surface area contributed by atoms with Crippen LogP contribution in [0.15, 0.2) is 0 Å². The second-order valence-corrected chi connectivity index (χ2v) is 13.3. The van der Waals surface area contributed by atoms with Crippen LogP contribution in [-0.4, -0.2) is 4.75 Å². The van der Waals surface area contributed by atoms with Crippen LogP contribution in [0.1, 0.15) is 51.4 Å². The van der Waals surface area contributed by atoms with Crippen LogP contribution in [0.2, 0.25) is 0 Å². The van der Waals surface area contributed by atoms with Gasteiger partial charge in [-0.25, -0.2) is 0 Å². The molecular formula is C22H28S. The first kappa shape index (κ1) is 11.9. The Bertz CT molecular complexity index is 654. The van der Waals surface area contributed by atoms with Crippen LogP contribution in [0.5, 0.6) is 0 Å². The Balaban J connectivity index is 1.41. The molecule has 0 aromatic rings. The number of thiol groups is 1. The molecule has 13 fully saturated rings. The first-order chi connectivity index (χ1) is 11.1. The third-order valence-corrected chi connectivity index (χ3v) is 13.0. The Morgan fingerprint density at radius 2 is 1.13 bits per heavy atom. The van der Waals surface area contributed by atoms with Gasteiger partial charge in [-0.05, 0) is 127 Å². The van der Waals surface area contributed by atoms with E-state index in [1.165, 1.54) is 66.1 Å². The summed E-state index contributed by atoms with van der Waals surface area (Å²) in [5.41, 5.74) is 1.73. The smallest absolute Gasteiger partial charge is 0.0141 e. The van der Waals surface area contributed by atoms with E-state index >= 15 is 0 Å². The Morgan fingerprint density at radius 3 is 1.83 bits per heavy atom. The molecule has 0 nitrogen and oxygen atoms in total. The molecule has 8 atom stereocenters. The van der Waals surface area contributed by atoms with Gasteiger partial charge < -0.3 is 0 Å². The Kier molecular flexibility index (Phi) is 1.49. The van der Waals surface area contributed by atoms with Crippen LogP contribution < -0.4 is 0 Å². The quantitative estimate of drug-likeness (QED) is 0.616. The van der Waals surface area contributed by atoms with Crippen molar-refractivity contribution in [2.24, 2.45) is 75.9 Å². The fourth-order valence-electron chi connectivity index (χ4n) is 13.5. The maximum Gasteiger partial charge on any atom is 0.0141 e. The van der Waals surface area contributed by atoms with E-state index < -0.39 is 0 Å². The van der Waals surface area contributed by atoms with E-state index in [0.29, 0.717) is 4.75 Å². The zero-order valence-electron chi connectivity index (χ0n) is 14.0. The van der Waals surface area contributed by atoms with E-state index in [0.717, 1.165) is 22.7 Å². The molecule has 0 radical (unpaired) electrons. The van der Waals surface area contributed by atoms with Gasteiger partial charge in [-0.15, -0.1) is 0 Å². The number of hydrogen-bond acceptors (Lipinski definition) is 1. The summed E-state index contributed by atoms with van der Waals surface area (Å²) in [5, 5.41) is 0. The molecule has 13 aliphatic rings. The van der Waals surface area contributed by atoms with Crippen LogP contribution in [0.3, 0.4) is 0 Å². The topological polar surface area (TPSA) is 0 Å². The van der Waals surface area contributed by atoms with Crippen molar-refractivity contribution in [1.82, 2.24) is 0 Å². The van der Waals surface area contributed by atoms with Crippen molar-refractivity contribution in [2.75, 3.05) is 0 Å². The van der Waals surface area contributed by atoms with Gasteiger partial charge in [0.25, 0.3) is 0 Å². The predicted molar refractivity (Wildman–Crippen MR) is 91.9 cm³/mol. The third kappa shape index (κ3) is 0.867. The standard InChI is InChI=1S/C22H28S/c23-20-4-14-13-6-21-3-9-1-10-12-7-22(8-20,18(14)16(10)21)19(15(13)5-20)17(21)11(12)2-9/h9-19,23H,1-8H2. The SMILES string of the molecule is SC12CC3C4CC56CC7CC8C9CC(C1)(C3C85)C(C4C2)C6C9C7. The summed E-state index contributed by atoms with van der Waals surface area (Å²) in [4.78, 5) is 0. The van der Waals surface area contributed by atoms with Gasteiger partial charge in [-0.1, -0.05) is 0 Å². The maximum atomic E-state index is 5.37. The molecule has 13 aliphatic carbocycles. The zero-order valence-corrected chi connectivity index (χ0v) is 14.8. The molecule has 122 valence electrons. The van der Waals surface area contributed by atoms with Gasteiger partial charge in [0, 0.05) is 4.75 Å². The largest absolute Gasteiger partial charge is 0.172 e. The predicted octanol–water partition coefficient (Wildman–Crippen LogP) is 4.65. The highest BCUT2D eigenvalue weighted by atomic mass is 32.1. The second-order valence-electron chi connectivity index (χ2n) is 12.3. The highest BCUT2D eigenvalue weighted by Crippen LogP contribution is 2.93. The van der Waals surface area contributed by atoms with Crippen molar-refractivity contribution >= 4 is 12.6 Å². The normalized spacial score (nSPS) is 85.2. The Hall–Kier alpha value is 0.350. The monoisotopic (exact) mass is 324 g/mol. The van der Waals surface area contributed by atoms with Gasteiger partial charge in [0.2, 0.25) is 0 Å². The molecule has 0 saturated heterocycles. The van der Waals surface area contributed by atoms with E-state index in [1.54, 1.807) is 38.5 Å². The minimum absolute atomic E-state index is 0.478. The van der Waals surface area contributed by atoms with E-state index in [4.69, 9.17) is 12.6 Å². The van der Waals surface area contributed by atoms with Crippen molar-refractivity contribution in [3.05, 3.63) is 0 Å². The summed E-state index contributed by atoms with van der Waals surface area (Å²) < 4.78 is 0.478. The van der Waals surface area contributed by atoms with Crippen molar-refractivity contribution in [2.45, 2.75) is 56.1 Å². The lowest BCUT2D eigenvalue weighted by atomic mass is 9.13. The summed E-state index contributed by atoms with van der Waals surface area (Å²) in [6.07, 6.45) is 13.1. The van der Waals surface area contributed by atoms with Crippen molar-refractivity contribution in [1.29, 1.82) is 0 Å². The van der Waals surface area contributed by atoms with Gasteiger partial charge in [-0.3, -0.25) is 0 Å². The van der Waals surface area contributed by atoms with Crippen molar-refractivity contribution in [3.63, 3.8) is 0 Å². The Morgan fingerprint density at radius 1 is 0.565 bits per heavy atom. The lowest BCUT2D eigenvalue weighted by molar-refractivity contribution is -0.428. The molecule has 13 rings (SSSR count). The van der Waals surface area contributed by atoms with Gasteiger partial charge in [0.15, 0.2) is 0 Å². The molecule has 23 heavy (non-hydrogen) atoms. The van der Waals surface area contributed by atoms with Gasteiger partial charge in [-0.2, -0.15) is 12.6 Å². The molecule has 14 bridgehead atoms. The summed E-state index contributed by atoms with van der Waals surface area (Å²) in [7, 11) is 0. The summed E-state index contributed by atoms with van der Waals surface area (Å²) >= 11 is 5.37. The van der Waals surface area contributed by atoms with E-state index in [9.17, 15) is 0 Å². The fourth-order valence-corrected chi connectivity index (χ4v) is 14.2. The molecule has 1 heteroatoms. The second kappa shape index (κ2) is 2.89. The van der Waals surface area contributed by atoms with E-state index in [-0.39, 0.29) is 0 Å². The molecular weight excluding hydrogens is 296 g/mol. The minimum atomic E-state index is 0.478. The highest BCUT2D eigenvalue weighted by molar-refractivity contribution is 7.81. The average Bonchev–Trinajstić information content (AvgIpc) is 2.51. The van der Waals surface area contributed by atoms with Gasteiger partial charge in [0.1, 0.15) is 0 Å². The molecule has 0 aromatic carbocycles. The van der Waals surface area contributed by atoms with Gasteiger partial charge >= 0.3 is 0 Å². The van der Waals surface area contributed by atoms with Crippen LogP contribution in [-0.2, 0) is 0 Å². The minimum Gasteiger partial charge on any atom is -0.172 e. The number of rotatable bonds is 0. The van der Waals surface area contributed by atoms with Crippen LogP contribution in [0.4, 0.5) is 0 Å². The first-order valence-electron chi connectivity index (χ1n) is 10.9. The summed E-state index contributed by atoms with van der Waals surface area (Å²) in [6, 6.07) is 0. The number of hydrogen-bond donors (Lipinski definition) is 1. The first-order valence-corrected chi connectivity index (χ1v) is 11.3. The van der Waals surface area contributed by atoms with Crippen LogP contribution in [0.25, 0.3) is 0 Å². The lowest BCUT2D eigenvalue weighted by Gasteiger charge is -2.92. The Labute approximate surface area is 145 Å². The molecule has 0 heterocycles. The third-order valence-electron chi connectivity index (χ3n) is 12.5. The van der Waals surface area contributed by atoms with Gasteiger partial charge in [0.05, 0.1) is 0 Å². The summed E-state index contributed by atoms with van der Waals surface area (Å²) in [5.74, 6) is 13.0. The van der Waals surface area contributed by atoms with E-state index in [2.05, 4.69) is 0 Å². The van der Waals surface area contributed by atoms with Crippen LogP contribution in [0, 0.1) is 75.9 Å². The maximum absolute atomic E-state index is 5.37. The molecule has 13 saturated carbocycles. The molecule has 0 aromatic heterocycles. The molecule has 0 N–H and O–H groups in total. The molecule has 2 spiro atoms. The zero-order chi connectivity index (χ0) is 14.5. The molecule has 8 unspecified atom stereocenters.